The zero-order chi connectivity index (χ0) is 24.8. The Morgan fingerprint density at radius 3 is 2.71 bits per heavy atom. The number of pyridine rings is 2. The Kier molecular flexibility index (Phi) is 8.07. The van der Waals surface area contributed by atoms with Crippen LogP contribution < -0.4 is 16.6 Å². The van der Waals surface area contributed by atoms with E-state index in [1.54, 1.807) is 16.8 Å². The molecule has 0 atom stereocenters. The molecule has 0 fully saturated rings. The SMILES string of the molecule is CCn1c(=O)c(-c2ccc(-c3cccc(C)n3)cc2Cl)cc2cnc(NCCCOCCN)nc21. The normalized spacial score (nSPS) is 11.2. The maximum Gasteiger partial charge on any atom is 0.260 e. The van der Waals surface area contributed by atoms with Gasteiger partial charge in [0.15, 0.2) is 0 Å². The second kappa shape index (κ2) is 11.4. The van der Waals surface area contributed by atoms with Crippen molar-refractivity contribution >= 4 is 28.6 Å². The summed E-state index contributed by atoms with van der Waals surface area (Å²) in [6, 6.07) is 13.3. The summed E-state index contributed by atoms with van der Waals surface area (Å²) < 4.78 is 7.03. The number of aromatic nitrogens is 4. The van der Waals surface area contributed by atoms with E-state index in [-0.39, 0.29) is 5.56 Å². The van der Waals surface area contributed by atoms with E-state index in [0.29, 0.717) is 60.6 Å². The molecule has 0 aliphatic heterocycles. The molecule has 4 rings (SSSR count). The first kappa shape index (κ1) is 24.8. The van der Waals surface area contributed by atoms with Crippen molar-refractivity contribution in [1.29, 1.82) is 0 Å². The van der Waals surface area contributed by atoms with Crippen LogP contribution in [0.3, 0.4) is 0 Å². The Balaban J connectivity index is 1.64. The quantitative estimate of drug-likeness (QED) is 0.318. The van der Waals surface area contributed by atoms with Gasteiger partial charge in [-0.05, 0) is 44.5 Å². The van der Waals surface area contributed by atoms with Crippen LogP contribution in [0.2, 0.25) is 5.02 Å². The number of anilines is 1. The van der Waals surface area contributed by atoms with Crippen molar-refractivity contribution in [2.24, 2.45) is 5.73 Å². The molecule has 0 saturated carbocycles. The van der Waals surface area contributed by atoms with E-state index >= 15 is 0 Å². The fourth-order valence-corrected chi connectivity index (χ4v) is 4.17. The van der Waals surface area contributed by atoms with Gasteiger partial charge in [0.1, 0.15) is 5.65 Å². The molecule has 0 unspecified atom stereocenters. The van der Waals surface area contributed by atoms with Crippen molar-refractivity contribution < 1.29 is 4.74 Å². The van der Waals surface area contributed by atoms with Crippen molar-refractivity contribution in [3.8, 4) is 22.4 Å². The average Bonchev–Trinajstić information content (AvgIpc) is 2.86. The molecular weight excluding hydrogens is 464 g/mol. The number of benzene rings is 1. The van der Waals surface area contributed by atoms with E-state index in [9.17, 15) is 4.79 Å². The van der Waals surface area contributed by atoms with Crippen molar-refractivity contribution in [2.75, 3.05) is 31.6 Å². The number of halogens is 1. The van der Waals surface area contributed by atoms with Gasteiger partial charge in [0.2, 0.25) is 5.95 Å². The van der Waals surface area contributed by atoms with Crippen molar-refractivity contribution in [1.82, 2.24) is 19.5 Å². The van der Waals surface area contributed by atoms with Crippen LogP contribution in [0.25, 0.3) is 33.4 Å². The van der Waals surface area contributed by atoms with E-state index in [1.165, 1.54) is 0 Å². The molecular formula is C26H29ClN6O2. The van der Waals surface area contributed by atoms with Gasteiger partial charge in [-0.1, -0.05) is 29.8 Å². The lowest BCUT2D eigenvalue weighted by Gasteiger charge is -2.13. The van der Waals surface area contributed by atoms with Crippen molar-refractivity contribution in [3.05, 3.63) is 69.7 Å². The molecule has 0 aliphatic carbocycles. The summed E-state index contributed by atoms with van der Waals surface area (Å²) in [6.45, 7) is 6.66. The number of nitrogens with zero attached hydrogens (tertiary/aromatic N) is 4. The van der Waals surface area contributed by atoms with E-state index in [0.717, 1.165) is 28.8 Å². The summed E-state index contributed by atoms with van der Waals surface area (Å²) in [5.41, 5.74) is 9.68. The third kappa shape index (κ3) is 5.67. The maximum atomic E-state index is 13.4. The third-order valence-electron chi connectivity index (χ3n) is 5.60. The van der Waals surface area contributed by atoms with Crippen LogP contribution in [-0.4, -0.2) is 45.8 Å². The molecule has 9 heteroatoms. The van der Waals surface area contributed by atoms with E-state index in [1.807, 2.05) is 50.2 Å². The Morgan fingerprint density at radius 2 is 1.97 bits per heavy atom. The molecule has 0 spiro atoms. The largest absolute Gasteiger partial charge is 0.380 e. The number of ether oxygens (including phenoxy) is 1. The summed E-state index contributed by atoms with van der Waals surface area (Å²) in [6.07, 6.45) is 2.52. The molecule has 0 amide bonds. The van der Waals surface area contributed by atoms with Gasteiger partial charge in [-0.3, -0.25) is 14.3 Å². The standard InChI is InChI=1S/C26H29ClN6O2/c1-3-33-24-19(16-30-26(32-24)29-11-5-12-35-13-10-28)14-21(25(33)34)20-9-8-18(15-22(20)27)23-7-4-6-17(2)31-23/h4,6-9,14-16H,3,5,10-13,28H2,1-2H3,(H,29,30,32). The number of aryl methyl sites for hydroxylation is 2. The minimum atomic E-state index is -0.150. The summed E-state index contributed by atoms with van der Waals surface area (Å²) in [4.78, 5) is 27.0. The van der Waals surface area contributed by atoms with E-state index in [2.05, 4.69) is 20.3 Å². The lowest BCUT2D eigenvalue weighted by Crippen LogP contribution is -2.22. The Bertz CT molecular complexity index is 1390. The van der Waals surface area contributed by atoms with Crippen molar-refractivity contribution in [2.45, 2.75) is 26.8 Å². The summed E-state index contributed by atoms with van der Waals surface area (Å²) in [5.74, 6) is 0.471. The maximum absolute atomic E-state index is 13.4. The molecule has 182 valence electrons. The van der Waals surface area contributed by atoms with Crippen LogP contribution in [0.4, 0.5) is 5.95 Å². The van der Waals surface area contributed by atoms with E-state index < -0.39 is 0 Å². The Labute approximate surface area is 209 Å². The van der Waals surface area contributed by atoms with Crippen LogP contribution in [0, 0.1) is 6.92 Å². The Hall–Kier alpha value is -3.33. The number of hydrogen-bond acceptors (Lipinski definition) is 7. The van der Waals surface area contributed by atoms with Gasteiger partial charge in [0.25, 0.3) is 5.56 Å². The number of hydrogen-bond donors (Lipinski definition) is 2. The zero-order valence-electron chi connectivity index (χ0n) is 19.9. The van der Waals surface area contributed by atoms with Gasteiger partial charge in [0.05, 0.1) is 12.3 Å². The Morgan fingerprint density at radius 1 is 1.11 bits per heavy atom. The highest BCUT2D eigenvalue weighted by atomic mass is 35.5. The second-order valence-corrected chi connectivity index (χ2v) is 8.53. The summed E-state index contributed by atoms with van der Waals surface area (Å²) in [7, 11) is 0. The highest BCUT2D eigenvalue weighted by molar-refractivity contribution is 6.33. The molecule has 3 N–H and O–H groups in total. The highest BCUT2D eigenvalue weighted by Crippen LogP contribution is 2.31. The number of nitrogens with two attached hydrogens (primary N) is 1. The first-order chi connectivity index (χ1) is 17.0. The average molecular weight is 493 g/mol. The van der Waals surface area contributed by atoms with Gasteiger partial charge in [-0.25, -0.2) is 4.98 Å². The summed E-state index contributed by atoms with van der Waals surface area (Å²) >= 11 is 6.67. The van der Waals surface area contributed by atoms with Crippen LogP contribution in [-0.2, 0) is 11.3 Å². The van der Waals surface area contributed by atoms with Crippen LogP contribution in [0.1, 0.15) is 19.0 Å². The van der Waals surface area contributed by atoms with Crippen LogP contribution >= 0.6 is 11.6 Å². The topological polar surface area (TPSA) is 108 Å². The smallest absolute Gasteiger partial charge is 0.260 e. The highest BCUT2D eigenvalue weighted by Gasteiger charge is 2.15. The molecule has 8 nitrogen and oxygen atoms in total. The number of nitrogens with one attached hydrogen (secondary N) is 1. The fourth-order valence-electron chi connectivity index (χ4n) is 3.89. The first-order valence-electron chi connectivity index (χ1n) is 11.7. The predicted molar refractivity (Wildman–Crippen MR) is 141 cm³/mol. The third-order valence-corrected chi connectivity index (χ3v) is 5.91. The number of rotatable bonds is 10. The summed E-state index contributed by atoms with van der Waals surface area (Å²) in [5, 5.41) is 4.44. The number of fused-ring (bicyclic) bond motifs is 1. The molecule has 1 aromatic carbocycles. The molecule has 4 aromatic rings. The van der Waals surface area contributed by atoms with Gasteiger partial charge >= 0.3 is 0 Å². The van der Waals surface area contributed by atoms with Crippen molar-refractivity contribution in [3.63, 3.8) is 0 Å². The molecule has 0 radical (unpaired) electrons. The molecule has 35 heavy (non-hydrogen) atoms. The predicted octanol–water partition coefficient (Wildman–Crippen LogP) is 4.28. The van der Waals surface area contributed by atoms with Gasteiger partial charge in [-0.2, -0.15) is 4.98 Å². The monoisotopic (exact) mass is 492 g/mol. The van der Waals surface area contributed by atoms with Crippen LogP contribution in [0.15, 0.2) is 53.5 Å². The lowest BCUT2D eigenvalue weighted by atomic mass is 10.0. The molecule has 0 saturated heterocycles. The van der Waals surface area contributed by atoms with Gasteiger partial charge in [0, 0.05) is 65.2 Å². The van der Waals surface area contributed by atoms with Gasteiger partial charge in [-0.15, -0.1) is 0 Å². The minimum absolute atomic E-state index is 0.150. The molecule has 3 heterocycles. The van der Waals surface area contributed by atoms with Gasteiger partial charge < -0.3 is 15.8 Å². The van der Waals surface area contributed by atoms with E-state index in [4.69, 9.17) is 22.1 Å². The first-order valence-corrected chi connectivity index (χ1v) is 12.1. The molecule has 0 aliphatic rings. The minimum Gasteiger partial charge on any atom is -0.380 e. The second-order valence-electron chi connectivity index (χ2n) is 8.12. The molecule has 0 bridgehead atoms. The van der Waals surface area contributed by atoms with Crippen LogP contribution in [0.5, 0.6) is 0 Å². The molecule has 3 aromatic heterocycles. The zero-order valence-corrected chi connectivity index (χ0v) is 20.7. The fraction of sp³-hybridized carbons (Fsp3) is 0.308. The lowest BCUT2D eigenvalue weighted by molar-refractivity contribution is 0.141.